The number of nitrogens with two attached hydrogens (primary N) is 1. The number of likely N-dealkylation sites (tertiary alicyclic amines) is 1. The van der Waals surface area contributed by atoms with Gasteiger partial charge in [-0.15, -0.1) is 11.3 Å². The quantitative estimate of drug-likeness (QED) is 0.0581. The van der Waals surface area contributed by atoms with Crippen LogP contribution >= 0.6 is 11.3 Å². The van der Waals surface area contributed by atoms with Gasteiger partial charge < -0.3 is 26.7 Å². The van der Waals surface area contributed by atoms with E-state index in [9.17, 15) is 14.4 Å². The maximum Gasteiger partial charge on any atom is 0.255 e. The Kier molecular flexibility index (Phi) is 13.6. The number of benzene rings is 3. The molecular formula is C42H52N8O3S. The van der Waals surface area contributed by atoms with E-state index in [1.54, 1.807) is 35.6 Å². The van der Waals surface area contributed by atoms with E-state index in [1.165, 1.54) is 12.8 Å². The van der Waals surface area contributed by atoms with Crippen molar-refractivity contribution in [3.05, 3.63) is 100 Å². The van der Waals surface area contributed by atoms with Gasteiger partial charge in [0.1, 0.15) is 5.82 Å². The minimum Gasteiger partial charge on any atom is -0.356 e. The van der Waals surface area contributed by atoms with Crippen molar-refractivity contribution in [3.63, 3.8) is 0 Å². The Morgan fingerprint density at radius 3 is 2.26 bits per heavy atom. The van der Waals surface area contributed by atoms with Crippen molar-refractivity contribution < 1.29 is 14.4 Å². The molecule has 3 amide bonds. The number of fused-ring (bicyclic) bond motifs is 1. The zero-order valence-electron chi connectivity index (χ0n) is 31.3. The molecule has 6 rings (SSSR count). The molecule has 0 spiro atoms. The summed E-state index contributed by atoms with van der Waals surface area (Å²) in [6.45, 7) is 7.39. The van der Waals surface area contributed by atoms with Gasteiger partial charge >= 0.3 is 0 Å². The summed E-state index contributed by atoms with van der Waals surface area (Å²) >= 11 is 1.62. The first kappa shape index (κ1) is 38.8. The van der Waals surface area contributed by atoms with E-state index in [4.69, 9.17) is 10.7 Å². The number of nitrogens with one attached hydrogen (secondary N) is 4. The first-order chi connectivity index (χ1) is 26.2. The van der Waals surface area contributed by atoms with Crippen LogP contribution in [0.1, 0.15) is 109 Å². The van der Waals surface area contributed by atoms with E-state index >= 15 is 0 Å². The number of nitrogens with zero attached hydrogens (tertiary/aromatic N) is 3. The second-order valence-electron chi connectivity index (χ2n) is 14.3. The molecule has 54 heavy (non-hydrogen) atoms. The normalized spacial score (nSPS) is 15.0. The molecule has 0 aliphatic carbocycles. The summed E-state index contributed by atoms with van der Waals surface area (Å²) in [5.74, 6) is 0.515. The van der Waals surface area contributed by atoms with Crippen molar-refractivity contribution in [2.75, 3.05) is 25.0 Å². The number of carbonyl (C=O) groups is 3. The van der Waals surface area contributed by atoms with Crippen molar-refractivity contribution in [1.82, 2.24) is 30.5 Å². The number of H-pyrrole nitrogens is 1. The average Bonchev–Trinajstić information content (AvgIpc) is 3.91. The van der Waals surface area contributed by atoms with Gasteiger partial charge in [0.15, 0.2) is 0 Å². The standard InChI is InChI=1S/C42H52N8O3S/c1-28-10-9-23-50(28)26-38-48-36-20-19-34(24-37(36)49-38)47-42(53)33-17-15-32(16-18-33)41(52)45-22-8-6-4-3-5-7-21-44-39(51)25-35(43)30-11-13-31(14-12-30)40-29(2)46-27-54-40/h11-20,24,27-28,35H,3-10,21-23,25-26,43H2,1-2H3,(H,44,51)(H,45,52)(H,47,53)(H,48,49)/t28-,35-/m0/s1. The van der Waals surface area contributed by atoms with E-state index in [0.29, 0.717) is 35.9 Å². The van der Waals surface area contributed by atoms with E-state index in [1.807, 2.05) is 54.9 Å². The molecular weight excluding hydrogens is 697 g/mol. The van der Waals surface area contributed by atoms with E-state index in [0.717, 1.165) is 90.2 Å². The molecule has 1 saturated heterocycles. The molecule has 3 aromatic carbocycles. The summed E-state index contributed by atoms with van der Waals surface area (Å²) in [5.41, 5.74) is 14.7. The van der Waals surface area contributed by atoms with Crippen molar-refractivity contribution in [3.8, 4) is 10.4 Å². The van der Waals surface area contributed by atoms with E-state index < -0.39 is 0 Å². The summed E-state index contributed by atoms with van der Waals surface area (Å²) in [6.07, 6.45) is 8.72. The highest BCUT2D eigenvalue weighted by atomic mass is 32.1. The Hall–Kier alpha value is -4.91. The van der Waals surface area contributed by atoms with Crippen LogP contribution in [-0.4, -0.2) is 63.2 Å². The number of aromatic nitrogens is 3. The van der Waals surface area contributed by atoms with Gasteiger partial charge in [0.05, 0.1) is 33.7 Å². The monoisotopic (exact) mass is 748 g/mol. The first-order valence-electron chi connectivity index (χ1n) is 19.2. The zero-order valence-corrected chi connectivity index (χ0v) is 32.1. The Bertz CT molecular complexity index is 2010. The summed E-state index contributed by atoms with van der Waals surface area (Å²) in [7, 11) is 0. The fraction of sp³-hybridized carbons (Fsp3) is 0.405. The lowest BCUT2D eigenvalue weighted by atomic mass is 10.0. The number of hydrogen-bond acceptors (Lipinski definition) is 8. The molecule has 0 bridgehead atoms. The maximum atomic E-state index is 12.9. The highest BCUT2D eigenvalue weighted by Gasteiger charge is 2.21. The van der Waals surface area contributed by atoms with Crippen LogP contribution in [0.3, 0.4) is 0 Å². The molecule has 0 radical (unpaired) electrons. The van der Waals surface area contributed by atoms with Crippen LogP contribution in [-0.2, 0) is 11.3 Å². The minimum atomic E-state index is -0.342. The van der Waals surface area contributed by atoms with Crippen molar-refractivity contribution in [1.29, 1.82) is 0 Å². The average molecular weight is 749 g/mol. The number of amides is 3. The summed E-state index contributed by atoms with van der Waals surface area (Å²) in [6, 6.07) is 20.7. The highest BCUT2D eigenvalue weighted by molar-refractivity contribution is 7.13. The lowest BCUT2D eigenvalue weighted by Crippen LogP contribution is -2.28. The van der Waals surface area contributed by atoms with Gasteiger partial charge in [-0.25, -0.2) is 9.97 Å². The fourth-order valence-electron chi connectivity index (χ4n) is 6.95. The molecule has 3 heterocycles. The number of imidazole rings is 1. The third kappa shape index (κ3) is 10.6. The van der Waals surface area contributed by atoms with Crippen LogP contribution < -0.4 is 21.7 Å². The van der Waals surface area contributed by atoms with Gasteiger partial charge in [0.25, 0.3) is 11.8 Å². The third-order valence-corrected chi connectivity index (χ3v) is 11.2. The number of anilines is 1. The van der Waals surface area contributed by atoms with Crippen LogP contribution in [0, 0.1) is 6.92 Å². The molecule has 1 aliphatic heterocycles. The summed E-state index contributed by atoms with van der Waals surface area (Å²) in [4.78, 5) is 54.1. The largest absolute Gasteiger partial charge is 0.356 e. The summed E-state index contributed by atoms with van der Waals surface area (Å²) in [5, 5.41) is 8.94. The first-order valence-corrected chi connectivity index (χ1v) is 20.1. The highest BCUT2D eigenvalue weighted by Crippen LogP contribution is 2.28. The molecule has 284 valence electrons. The predicted octanol–water partition coefficient (Wildman–Crippen LogP) is 7.51. The smallest absolute Gasteiger partial charge is 0.255 e. The van der Waals surface area contributed by atoms with Crippen molar-refractivity contribution in [2.24, 2.45) is 5.73 Å². The summed E-state index contributed by atoms with van der Waals surface area (Å²) < 4.78 is 0. The Morgan fingerprint density at radius 1 is 0.907 bits per heavy atom. The number of rotatable bonds is 18. The van der Waals surface area contributed by atoms with Crippen LogP contribution in [0.25, 0.3) is 21.5 Å². The van der Waals surface area contributed by atoms with Gasteiger partial charge in [0, 0.05) is 48.4 Å². The van der Waals surface area contributed by atoms with E-state index in [-0.39, 0.29) is 30.2 Å². The van der Waals surface area contributed by atoms with Crippen LogP contribution in [0.5, 0.6) is 0 Å². The second-order valence-corrected chi connectivity index (χ2v) is 15.2. The third-order valence-electron chi connectivity index (χ3n) is 10.2. The SMILES string of the molecule is Cc1ncsc1-c1ccc([C@@H](N)CC(=O)NCCCCCCCCNC(=O)c2ccc(C(=O)Nc3ccc4[nH]c(CN5CCC[C@@H]5C)nc4c3)cc2)cc1. The molecule has 0 unspecified atom stereocenters. The zero-order chi connectivity index (χ0) is 37.9. The van der Waals surface area contributed by atoms with Gasteiger partial charge in [-0.05, 0) is 99.7 Å². The van der Waals surface area contributed by atoms with Crippen LogP contribution in [0.2, 0.25) is 0 Å². The fourth-order valence-corrected chi connectivity index (χ4v) is 7.76. The Labute approximate surface area is 321 Å². The predicted molar refractivity (Wildman–Crippen MR) is 216 cm³/mol. The van der Waals surface area contributed by atoms with Gasteiger partial charge in [-0.2, -0.15) is 0 Å². The topological polar surface area (TPSA) is 158 Å². The molecule has 0 saturated carbocycles. The van der Waals surface area contributed by atoms with Crippen molar-refractivity contribution in [2.45, 2.75) is 90.3 Å². The molecule has 12 heteroatoms. The van der Waals surface area contributed by atoms with Gasteiger partial charge in [-0.3, -0.25) is 19.3 Å². The van der Waals surface area contributed by atoms with Crippen LogP contribution in [0.15, 0.2) is 72.2 Å². The molecule has 2 atom stereocenters. The van der Waals surface area contributed by atoms with E-state index in [2.05, 4.69) is 37.7 Å². The maximum absolute atomic E-state index is 12.9. The molecule has 6 N–H and O–H groups in total. The Morgan fingerprint density at radius 2 is 1.59 bits per heavy atom. The number of aromatic amines is 1. The van der Waals surface area contributed by atoms with Crippen molar-refractivity contribution >= 4 is 45.8 Å². The number of hydrogen-bond donors (Lipinski definition) is 5. The number of unbranched alkanes of at least 4 members (excludes halogenated alkanes) is 5. The number of carbonyl (C=O) groups excluding carboxylic acids is 3. The number of aryl methyl sites for hydroxylation is 1. The second kappa shape index (κ2) is 18.9. The molecule has 1 aliphatic rings. The minimum absolute atomic E-state index is 0.0295. The van der Waals surface area contributed by atoms with Gasteiger partial charge in [-0.1, -0.05) is 49.9 Å². The molecule has 2 aromatic heterocycles. The lowest BCUT2D eigenvalue weighted by Gasteiger charge is -2.19. The molecule has 5 aromatic rings. The molecule has 11 nitrogen and oxygen atoms in total. The molecule has 1 fully saturated rings. The Balaban J connectivity index is 0.807. The lowest BCUT2D eigenvalue weighted by molar-refractivity contribution is -0.121. The number of thiazole rings is 1. The van der Waals surface area contributed by atoms with Crippen LogP contribution in [0.4, 0.5) is 5.69 Å². The van der Waals surface area contributed by atoms with Gasteiger partial charge in [0.2, 0.25) is 5.91 Å².